The van der Waals surface area contributed by atoms with Gasteiger partial charge in [-0.15, -0.1) is 0 Å². The van der Waals surface area contributed by atoms with Gasteiger partial charge < -0.3 is 15.4 Å². The third-order valence-electron chi connectivity index (χ3n) is 3.39. The molecule has 0 fully saturated rings. The van der Waals surface area contributed by atoms with Crippen LogP contribution in [0.25, 0.3) is 0 Å². The van der Waals surface area contributed by atoms with Crippen molar-refractivity contribution in [3.05, 3.63) is 71.1 Å². The van der Waals surface area contributed by atoms with Crippen molar-refractivity contribution < 1.29 is 13.9 Å². The SMILES string of the molecule is COC(=O)c1cccc(Nc2nccc(Nc3ccc(F)c(Cl)c3)n2)c1. The summed E-state index contributed by atoms with van der Waals surface area (Å²) in [5.74, 6) is -0.106. The number of ether oxygens (including phenoxy) is 1. The van der Waals surface area contributed by atoms with E-state index in [-0.39, 0.29) is 5.02 Å². The molecule has 1 aromatic heterocycles. The Bertz CT molecular complexity index is 952. The molecule has 0 aliphatic heterocycles. The smallest absolute Gasteiger partial charge is 0.337 e. The first-order chi connectivity index (χ1) is 12.5. The maximum absolute atomic E-state index is 13.2. The molecular weight excluding hydrogens is 359 g/mol. The Morgan fingerprint density at radius 1 is 1.12 bits per heavy atom. The Balaban J connectivity index is 1.77. The first-order valence-electron chi connectivity index (χ1n) is 7.55. The lowest BCUT2D eigenvalue weighted by Crippen LogP contribution is -2.03. The highest BCUT2D eigenvalue weighted by Gasteiger charge is 2.07. The summed E-state index contributed by atoms with van der Waals surface area (Å²) in [4.78, 5) is 20.1. The average molecular weight is 373 g/mol. The molecule has 0 spiro atoms. The molecule has 3 rings (SSSR count). The first-order valence-corrected chi connectivity index (χ1v) is 7.93. The van der Waals surface area contributed by atoms with Crippen molar-refractivity contribution in [2.45, 2.75) is 0 Å². The Morgan fingerprint density at radius 2 is 1.92 bits per heavy atom. The standard InChI is InChI=1S/C18H14ClFN4O2/c1-26-17(25)11-3-2-4-12(9-11)23-18-21-8-7-16(24-18)22-13-5-6-15(20)14(19)10-13/h2-10H,1H3,(H2,21,22,23,24). The van der Waals surface area contributed by atoms with Gasteiger partial charge in [-0.1, -0.05) is 17.7 Å². The molecule has 0 aliphatic carbocycles. The minimum absolute atomic E-state index is 0.0158. The molecule has 2 N–H and O–H groups in total. The van der Waals surface area contributed by atoms with E-state index in [4.69, 9.17) is 16.3 Å². The number of hydrogen-bond acceptors (Lipinski definition) is 6. The summed E-state index contributed by atoms with van der Waals surface area (Å²) >= 11 is 5.77. The van der Waals surface area contributed by atoms with E-state index in [1.807, 2.05) is 0 Å². The molecule has 26 heavy (non-hydrogen) atoms. The van der Waals surface area contributed by atoms with Crippen LogP contribution in [0.4, 0.5) is 27.5 Å². The van der Waals surface area contributed by atoms with Crippen LogP contribution in [0.3, 0.4) is 0 Å². The van der Waals surface area contributed by atoms with E-state index in [2.05, 4.69) is 20.6 Å². The van der Waals surface area contributed by atoms with E-state index in [9.17, 15) is 9.18 Å². The molecule has 3 aromatic rings. The molecule has 0 amide bonds. The topological polar surface area (TPSA) is 76.1 Å². The molecule has 0 unspecified atom stereocenters. The average Bonchev–Trinajstić information content (AvgIpc) is 2.64. The van der Waals surface area contributed by atoms with Crippen molar-refractivity contribution in [3.8, 4) is 0 Å². The fourth-order valence-corrected chi connectivity index (χ4v) is 2.36. The van der Waals surface area contributed by atoms with Crippen LogP contribution in [0.5, 0.6) is 0 Å². The van der Waals surface area contributed by atoms with Crippen LogP contribution in [-0.2, 0) is 4.74 Å². The monoisotopic (exact) mass is 372 g/mol. The summed E-state index contributed by atoms with van der Waals surface area (Å²) in [5, 5.41) is 6.05. The second-order valence-corrected chi connectivity index (χ2v) is 5.62. The van der Waals surface area contributed by atoms with Crippen LogP contribution >= 0.6 is 11.6 Å². The number of esters is 1. The van der Waals surface area contributed by atoms with Gasteiger partial charge in [0.05, 0.1) is 17.7 Å². The molecular formula is C18H14ClFN4O2. The van der Waals surface area contributed by atoms with Crippen LogP contribution in [0, 0.1) is 5.82 Å². The lowest BCUT2D eigenvalue weighted by atomic mass is 10.2. The van der Waals surface area contributed by atoms with Crippen LogP contribution in [0.15, 0.2) is 54.7 Å². The lowest BCUT2D eigenvalue weighted by Gasteiger charge is -2.09. The maximum atomic E-state index is 13.2. The van der Waals surface area contributed by atoms with Gasteiger partial charge in [-0.3, -0.25) is 0 Å². The number of halogens is 2. The number of nitrogens with one attached hydrogen (secondary N) is 2. The number of benzene rings is 2. The number of methoxy groups -OCH3 is 1. The van der Waals surface area contributed by atoms with Crippen molar-refractivity contribution in [3.63, 3.8) is 0 Å². The Hall–Kier alpha value is -3.19. The number of nitrogens with zero attached hydrogens (tertiary/aromatic N) is 2. The van der Waals surface area contributed by atoms with Gasteiger partial charge in [-0.05, 0) is 42.5 Å². The van der Waals surface area contributed by atoms with E-state index in [0.29, 0.717) is 28.7 Å². The summed E-state index contributed by atoms with van der Waals surface area (Å²) < 4.78 is 17.9. The number of anilines is 4. The van der Waals surface area contributed by atoms with Gasteiger partial charge in [0.25, 0.3) is 0 Å². The third kappa shape index (κ3) is 4.25. The predicted octanol–water partition coefficient (Wildman–Crippen LogP) is 4.54. The summed E-state index contributed by atoms with van der Waals surface area (Å²) in [5.41, 5.74) is 1.64. The Morgan fingerprint density at radius 3 is 2.69 bits per heavy atom. The van der Waals surface area contributed by atoms with Crippen molar-refractivity contribution in [1.29, 1.82) is 0 Å². The van der Waals surface area contributed by atoms with E-state index >= 15 is 0 Å². The Kier molecular flexibility index (Phi) is 5.28. The van der Waals surface area contributed by atoms with Crippen molar-refractivity contribution >= 4 is 40.7 Å². The lowest BCUT2D eigenvalue weighted by molar-refractivity contribution is 0.0601. The molecule has 8 heteroatoms. The second-order valence-electron chi connectivity index (χ2n) is 5.22. The number of carbonyl (C=O) groups is 1. The summed E-state index contributed by atoms with van der Waals surface area (Å²) in [6, 6.07) is 12.7. The zero-order valence-electron chi connectivity index (χ0n) is 13.7. The van der Waals surface area contributed by atoms with Crippen LogP contribution < -0.4 is 10.6 Å². The van der Waals surface area contributed by atoms with Gasteiger partial charge in [-0.2, -0.15) is 4.98 Å². The molecule has 2 aromatic carbocycles. The highest BCUT2D eigenvalue weighted by atomic mass is 35.5. The highest BCUT2D eigenvalue weighted by Crippen LogP contribution is 2.23. The molecule has 0 bridgehead atoms. The summed E-state index contributed by atoms with van der Waals surface area (Å²) in [6.45, 7) is 0. The number of aromatic nitrogens is 2. The van der Waals surface area contributed by atoms with Gasteiger partial charge in [0.1, 0.15) is 11.6 Å². The van der Waals surface area contributed by atoms with E-state index in [1.54, 1.807) is 42.6 Å². The van der Waals surface area contributed by atoms with Crippen molar-refractivity contribution in [2.75, 3.05) is 17.7 Å². The van der Waals surface area contributed by atoms with Gasteiger partial charge in [-0.25, -0.2) is 14.2 Å². The molecule has 0 radical (unpaired) electrons. The van der Waals surface area contributed by atoms with Crippen LogP contribution in [-0.4, -0.2) is 23.0 Å². The molecule has 1 heterocycles. The van der Waals surface area contributed by atoms with Gasteiger partial charge >= 0.3 is 5.97 Å². The summed E-state index contributed by atoms with van der Waals surface area (Å²) in [6.07, 6.45) is 1.56. The molecule has 0 saturated heterocycles. The third-order valence-corrected chi connectivity index (χ3v) is 3.68. The van der Waals surface area contributed by atoms with Gasteiger partial charge in [0, 0.05) is 17.6 Å². The van der Waals surface area contributed by atoms with Crippen LogP contribution in [0.1, 0.15) is 10.4 Å². The zero-order chi connectivity index (χ0) is 18.5. The fourth-order valence-electron chi connectivity index (χ4n) is 2.18. The predicted molar refractivity (Wildman–Crippen MR) is 97.8 cm³/mol. The second kappa shape index (κ2) is 7.79. The largest absolute Gasteiger partial charge is 0.465 e. The summed E-state index contributed by atoms with van der Waals surface area (Å²) in [7, 11) is 1.32. The molecule has 0 saturated carbocycles. The molecule has 0 atom stereocenters. The number of hydrogen-bond donors (Lipinski definition) is 2. The number of carbonyl (C=O) groups excluding carboxylic acids is 1. The van der Waals surface area contributed by atoms with Gasteiger partial charge in [0.15, 0.2) is 0 Å². The van der Waals surface area contributed by atoms with E-state index in [0.717, 1.165) is 0 Å². The van der Waals surface area contributed by atoms with Crippen molar-refractivity contribution in [1.82, 2.24) is 9.97 Å². The Labute approximate surface area is 154 Å². The zero-order valence-corrected chi connectivity index (χ0v) is 14.4. The molecule has 0 aliphatic rings. The maximum Gasteiger partial charge on any atom is 0.337 e. The normalized spacial score (nSPS) is 10.3. The minimum Gasteiger partial charge on any atom is -0.465 e. The van der Waals surface area contributed by atoms with Crippen molar-refractivity contribution in [2.24, 2.45) is 0 Å². The highest BCUT2D eigenvalue weighted by molar-refractivity contribution is 6.31. The minimum atomic E-state index is -0.493. The van der Waals surface area contributed by atoms with Gasteiger partial charge in [0.2, 0.25) is 5.95 Å². The van der Waals surface area contributed by atoms with Crippen LogP contribution in [0.2, 0.25) is 5.02 Å². The molecule has 132 valence electrons. The van der Waals surface area contributed by atoms with E-state index < -0.39 is 11.8 Å². The van der Waals surface area contributed by atoms with E-state index in [1.165, 1.54) is 19.2 Å². The molecule has 6 nitrogen and oxygen atoms in total. The fraction of sp³-hybridized carbons (Fsp3) is 0.0556. The first kappa shape index (κ1) is 17.6. The number of rotatable bonds is 5. The quantitative estimate of drug-likeness (QED) is 0.640.